The van der Waals surface area contributed by atoms with Gasteiger partial charge in [-0.05, 0) is 41.0 Å². The molecule has 0 radical (unpaired) electrons. The number of amides is 2. The van der Waals surface area contributed by atoms with Crippen molar-refractivity contribution in [2.24, 2.45) is 0 Å². The van der Waals surface area contributed by atoms with Gasteiger partial charge in [0.05, 0.1) is 10.7 Å². The molecule has 1 fully saturated rings. The summed E-state index contributed by atoms with van der Waals surface area (Å²) in [7, 11) is 0. The minimum absolute atomic E-state index is 0.0523. The molecule has 0 spiro atoms. The molecule has 0 saturated carbocycles. The van der Waals surface area contributed by atoms with Gasteiger partial charge in [0.1, 0.15) is 35.6 Å². The molecule has 4 aromatic rings. The SMILES string of the molecule is O=C(COc1ccccc1)N[C@@H]1C(=O)N2C(C(=O)OCc3ccc([N+](=O)[O-])cc3)=C(OC(c3ccccc3)c3ccccc3)CS[C@H]12. The fourth-order valence-corrected chi connectivity index (χ4v) is 6.47. The highest BCUT2D eigenvalue weighted by molar-refractivity contribution is 8.00. The van der Waals surface area contributed by atoms with Gasteiger partial charge < -0.3 is 19.5 Å². The van der Waals surface area contributed by atoms with E-state index in [-0.39, 0.29) is 36.1 Å². The van der Waals surface area contributed by atoms with Gasteiger partial charge in [-0.2, -0.15) is 0 Å². The van der Waals surface area contributed by atoms with E-state index in [0.717, 1.165) is 11.1 Å². The molecule has 6 rings (SSSR count). The number of nitrogens with zero attached hydrogens (tertiary/aromatic N) is 2. The molecule has 0 unspecified atom stereocenters. The van der Waals surface area contributed by atoms with E-state index < -0.39 is 40.2 Å². The molecule has 12 heteroatoms. The smallest absolute Gasteiger partial charge is 0.358 e. The summed E-state index contributed by atoms with van der Waals surface area (Å²) in [5.41, 5.74) is 2.07. The summed E-state index contributed by atoms with van der Waals surface area (Å²) in [6.07, 6.45) is -0.593. The molecule has 2 aliphatic rings. The number of nitrogens with one attached hydrogen (secondary N) is 1. The predicted octanol–water partition coefficient (Wildman–Crippen LogP) is 5.13. The van der Waals surface area contributed by atoms with Crippen molar-refractivity contribution in [3.63, 3.8) is 0 Å². The normalized spacial score (nSPS) is 17.0. The molecule has 2 aliphatic heterocycles. The second-order valence-corrected chi connectivity index (χ2v) is 11.8. The van der Waals surface area contributed by atoms with Crippen LogP contribution in [-0.2, 0) is 30.5 Å². The maximum Gasteiger partial charge on any atom is 0.358 e. The fourth-order valence-electron chi connectivity index (χ4n) is 5.21. The first-order chi connectivity index (χ1) is 22.9. The number of esters is 1. The highest BCUT2D eigenvalue weighted by Crippen LogP contribution is 2.43. The van der Waals surface area contributed by atoms with E-state index in [9.17, 15) is 24.5 Å². The first kappa shape index (κ1) is 31.4. The Morgan fingerprint density at radius 1 is 0.894 bits per heavy atom. The van der Waals surface area contributed by atoms with Crippen LogP contribution in [0, 0.1) is 10.1 Å². The number of rotatable bonds is 12. The van der Waals surface area contributed by atoms with Gasteiger partial charge in [-0.15, -0.1) is 11.8 Å². The fraction of sp³-hybridized carbons (Fsp3) is 0.171. The number of hydrogen-bond donors (Lipinski definition) is 1. The molecule has 1 saturated heterocycles. The molecule has 0 aliphatic carbocycles. The van der Waals surface area contributed by atoms with Crippen molar-refractivity contribution in [2.45, 2.75) is 24.1 Å². The lowest BCUT2D eigenvalue weighted by Crippen LogP contribution is -2.71. The third kappa shape index (κ3) is 7.12. The number of nitro groups is 1. The lowest BCUT2D eigenvalue weighted by atomic mass is 10.0. The quantitative estimate of drug-likeness (QED) is 0.0956. The average molecular weight is 652 g/mol. The van der Waals surface area contributed by atoms with E-state index in [2.05, 4.69) is 5.32 Å². The number of carbonyl (C=O) groups excluding carboxylic acids is 3. The number of para-hydroxylation sites is 1. The second-order valence-electron chi connectivity index (χ2n) is 10.6. The Kier molecular flexibility index (Phi) is 9.48. The van der Waals surface area contributed by atoms with Crippen LogP contribution in [0.1, 0.15) is 22.8 Å². The zero-order valence-electron chi connectivity index (χ0n) is 24.9. The third-order valence-electron chi connectivity index (χ3n) is 7.54. The third-order valence-corrected chi connectivity index (χ3v) is 8.79. The summed E-state index contributed by atoms with van der Waals surface area (Å²) >= 11 is 1.36. The molecule has 1 N–H and O–H groups in total. The number of non-ortho nitro benzene ring substituents is 1. The van der Waals surface area contributed by atoms with Gasteiger partial charge in [-0.25, -0.2) is 4.79 Å². The van der Waals surface area contributed by atoms with Crippen LogP contribution in [-0.4, -0.2) is 51.4 Å². The number of carbonyl (C=O) groups is 3. The Morgan fingerprint density at radius 3 is 2.09 bits per heavy atom. The Labute approximate surface area is 274 Å². The largest absolute Gasteiger partial charge is 0.484 e. The van der Waals surface area contributed by atoms with E-state index in [1.807, 2.05) is 66.7 Å². The van der Waals surface area contributed by atoms with Gasteiger partial charge in [0, 0.05) is 12.1 Å². The summed E-state index contributed by atoms with van der Waals surface area (Å²) in [5.74, 6) is -0.772. The highest BCUT2D eigenvalue weighted by Gasteiger charge is 2.55. The van der Waals surface area contributed by atoms with Gasteiger partial charge in [0.2, 0.25) is 0 Å². The molecule has 4 aromatic carbocycles. The topological polar surface area (TPSA) is 137 Å². The summed E-state index contributed by atoms with van der Waals surface area (Å²) in [4.78, 5) is 51.9. The van der Waals surface area contributed by atoms with Crippen LogP contribution in [0.15, 0.2) is 127 Å². The molecule has 0 bridgehead atoms. The number of thioether (sulfide) groups is 1. The molecular formula is C35H29N3O8S. The number of benzene rings is 4. The van der Waals surface area contributed by atoms with Crippen molar-refractivity contribution in [2.75, 3.05) is 12.4 Å². The van der Waals surface area contributed by atoms with Crippen LogP contribution in [0.5, 0.6) is 5.75 Å². The standard InChI is InChI=1S/C35H29N3O8S/c39-29(21-44-27-14-8-3-9-15-27)36-30-33(40)37-31(35(41)45-20-23-16-18-26(19-17-23)38(42)43)28(22-47-34(30)37)46-32(24-10-4-1-5-11-24)25-12-6-2-7-13-25/h1-19,30,32,34H,20-22H2,(H,36,39)/t30-,34-/m1/s1. The van der Waals surface area contributed by atoms with Gasteiger partial charge in [0.25, 0.3) is 17.5 Å². The van der Waals surface area contributed by atoms with E-state index in [4.69, 9.17) is 14.2 Å². The van der Waals surface area contributed by atoms with Gasteiger partial charge in [0.15, 0.2) is 12.3 Å². The number of nitro benzene ring substituents is 1. The van der Waals surface area contributed by atoms with Crippen LogP contribution in [0.4, 0.5) is 5.69 Å². The zero-order valence-corrected chi connectivity index (χ0v) is 25.7. The van der Waals surface area contributed by atoms with Crippen LogP contribution in [0.25, 0.3) is 0 Å². The predicted molar refractivity (Wildman–Crippen MR) is 173 cm³/mol. The maximum absolute atomic E-state index is 13.8. The van der Waals surface area contributed by atoms with Crippen molar-refractivity contribution < 1.29 is 33.5 Å². The number of hydrogen-bond acceptors (Lipinski definition) is 9. The van der Waals surface area contributed by atoms with E-state index in [1.165, 1.54) is 40.9 Å². The van der Waals surface area contributed by atoms with Crippen molar-refractivity contribution in [1.82, 2.24) is 10.2 Å². The summed E-state index contributed by atoms with van der Waals surface area (Å²) in [6.45, 7) is -0.472. The van der Waals surface area contributed by atoms with Gasteiger partial charge in [-0.3, -0.25) is 24.6 Å². The summed E-state index contributed by atoms with van der Waals surface area (Å²) < 4.78 is 17.7. The van der Waals surface area contributed by atoms with Gasteiger partial charge in [-0.1, -0.05) is 78.9 Å². The molecular weight excluding hydrogens is 622 g/mol. The lowest BCUT2D eigenvalue weighted by molar-refractivity contribution is -0.384. The van der Waals surface area contributed by atoms with Crippen LogP contribution in [0.2, 0.25) is 0 Å². The summed E-state index contributed by atoms with van der Waals surface area (Å²) in [6, 6.07) is 32.6. The molecule has 2 atom stereocenters. The highest BCUT2D eigenvalue weighted by atomic mass is 32.2. The van der Waals surface area contributed by atoms with Crippen molar-refractivity contribution in [3.8, 4) is 5.75 Å². The number of fused-ring (bicyclic) bond motifs is 1. The van der Waals surface area contributed by atoms with Crippen molar-refractivity contribution in [1.29, 1.82) is 0 Å². The average Bonchev–Trinajstić information content (AvgIpc) is 3.12. The first-order valence-electron chi connectivity index (χ1n) is 14.7. The molecule has 0 aromatic heterocycles. The Balaban J connectivity index is 1.25. The Morgan fingerprint density at radius 2 is 1.49 bits per heavy atom. The van der Waals surface area contributed by atoms with Crippen molar-refractivity contribution in [3.05, 3.63) is 154 Å². The van der Waals surface area contributed by atoms with E-state index in [1.54, 1.807) is 24.3 Å². The van der Waals surface area contributed by atoms with Crippen LogP contribution in [0.3, 0.4) is 0 Å². The molecule has 2 heterocycles. The van der Waals surface area contributed by atoms with Crippen LogP contribution >= 0.6 is 11.8 Å². The summed E-state index contributed by atoms with van der Waals surface area (Å²) in [5, 5.41) is 13.2. The minimum Gasteiger partial charge on any atom is -0.484 e. The van der Waals surface area contributed by atoms with E-state index >= 15 is 0 Å². The van der Waals surface area contributed by atoms with Gasteiger partial charge >= 0.3 is 5.97 Å². The number of ether oxygens (including phenoxy) is 3. The second kappa shape index (κ2) is 14.2. The Hall–Kier alpha value is -5.62. The lowest BCUT2D eigenvalue weighted by Gasteiger charge is -2.49. The first-order valence-corrected chi connectivity index (χ1v) is 15.8. The maximum atomic E-state index is 13.8. The number of β-lactam (4-membered cyclic amide) rings is 1. The zero-order chi connectivity index (χ0) is 32.8. The monoisotopic (exact) mass is 651 g/mol. The van der Waals surface area contributed by atoms with Crippen LogP contribution < -0.4 is 10.1 Å². The molecule has 2 amide bonds. The Bertz CT molecular complexity index is 1750. The van der Waals surface area contributed by atoms with E-state index in [0.29, 0.717) is 11.3 Å². The van der Waals surface area contributed by atoms with Crippen molar-refractivity contribution >= 4 is 35.2 Å². The minimum atomic E-state index is -0.884. The molecule has 238 valence electrons. The molecule has 11 nitrogen and oxygen atoms in total. The molecule has 47 heavy (non-hydrogen) atoms.